The van der Waals surface area contributed by atoms with Crippen molar-refractivity contribution < 1.29 is 0 Å². The molecule has 0 aromatic carbocycles. The number of aromatic nitrogens is 5. The van der Waals surface area contributed by atoms with E-state index in [-0.39, 0.29) is 0 Å². The van der Waals surface area contributed by atoms with Gasteiger partial charge in [0, 0.05) is 49.4 Å². The van der Waals surface area contributed by atoms with Crippen molar-refractivity contribution in [3.63, 3.8) is 0 Å². The van der Waals surface area contributed by atoms with Crippen LogP contribution in [-0.2, 0) is 26.2 Å². The number of rotatable bonds is 4. The van der Waals surface area contributed by atoms with E-state index >= 15 is 0 Å². The predicted octanol–water partition coefficient (Wildman–Crippen LogP) is 2.49. The molecule has 3 aromatic heterocycles. The molecule has 1 aliphatic heterocycles. The molecule has 1 atom stereocenters. The molecule has 0 fully saturated rings. The van der Waals surface area contributed by atoms with Crippen LogP contribution in [0.25, 0.3) is 0 Å². The van der Waals surface area contributed by atoms with Crippen LogP contribution in [0.2, 0.25) is 0 Å². The van der Waals surface area contributed by atoms with Gasteiger partial charge in [0.1, 0.15) is 17.5 Å². The Bertz CT molecular complexity index is 803. The number of nitrogens with zero attached hydrogens (tertiary/aromatic N) is 6. The van der Waals surface area contributed by atoms with Crippen molar-refractivity contribution in [3.05, 3.63) is 52.3 Å². The SMILES string of the molecule is Cc1nc(C)n(C[C@H]2CN(Cc3cccs3)Cc3nccn3C2)n1. The van der Waals surface area contributed by atoms with E-state index in [0.717, 1.165) is 50.2 Å². The second-order valence-corrected chi connectivity index (χ2v) is 7.53. The van der Waals surface area contributed by atoms with Gasteiger partial charge < -0.3 is 4.57 Å². The van der Waals surface area contributed by atoms with Crippen LogP contribution in [-0.4, -0.2) is 35.8 Å². The summed E-state index contributed by atoms with van der Waals surface area (Å²) in [7, 11) is 0. The molecule has 4 heterocycles. The molecule has 6 nitrogen and oxygen atoms in total. The lowest BCUT2D eigenvalue weighted by Gasteiger charge is -2.23. The molecule has 4 rings (SSSR count). The van der Waals surface area contributed by atoms with E-state index in [1.807, 2.05) is 36.1 Å². The van der Waals surface area contributed by atoms with Gasteiger partial charge in [-0.25, -0.2) is 14.6 Å². The van der Waals surface area contributed by atoms with Gasteiger partial charge in [-0.2, -0.15) is 5.10 Å². The van der Waals surface area contributed by atoms with Gasteiger partial charge in [-0.3, -0.25) is 4.90 Å². The minimum absolute atomic E-state index is 0.486. The summed E-state index contributed by atoms with van der Waals surface area (Å²) in [5.41, 5.74) is 0. The maximum atomic E-state index is 4.55. The molecular formula is C17H22N6S. The lowest BCUT2D eigenvalue weighted by molar-refractivity contribution is 0.206. The Morgan fingerprint density at radius 1 is 1.29 bits per heavy atom. The van der Waals surface area contributed by atoms with Crippen molar-refractivity contribution in [2.75, 3.05) is 6.54 Å². The Labute approximate surface area is 145 Å². The molecule has 0 amide bonds. The standard InChI is InChI=1S/C17H22N6S/c1-13-19-14(2)23(20-13)10-15-8-21(11-16-4-3-7-24-16)12-17-18-5-6-22(17)9-15/h3-7,15H,8-12H2,1-2H3/t15-/m0/s1. The monoisotopic (exact) mass is 342 g/mol. The summed E-state index contributed by atoms with van der Waals surface area (Å²) in [5, 5.41) is 6.69. The molecule has 0 bridgehead atoms. The third-order valence-corrected chi connectivity index (χ3v) is 5.35. The molecule has 0 saturated heterocycles. The second kappa shape index (κ2) is 6.49. The second-order valence-electron chi connectivity index (χ2n) is 6.50. The number of imidazole rings is 1. The number of hydrogen-bond donors (Lipinski definition) is 0. The van der Waals surface area contributed by atoms with Crippen molar-refractivity contribution in [3.8, 4) is 0 Å². The number of thiophene rings is 1. The lowest BCUT2D eigenvalue weighted by Crippen LogP contribution is -2.30. The van der Waals surface area contributed by atoms with E-state index in [1.54, 1.807) is 0 Å². The van der Waals surface area contributed by atoms with Gasteiger partial charge in [0.05, 0.1) is 6.54 Å². The summed E-state index contributed by atoms with van der Waals surface area (Å²) in [5.74, 6) is 3.48. The van der Waals surface area contributed by atoms with Gasteiger partial charge in [0.25, 0.3) is 0 Å². The molecule has 0 saturated carbocycles. The van der Waals surface area contributed by atoms with E-state index < -0.39 is 0 Å². The molecule has 126 valence electrons. The Hall–Kier alpha value is -1.99. The van der Waals surface area contributed by atoms with Gasteiger partial charge in [-0.05, 0) is 25.3 Å². The minimum atomic E-state index is 0.486. The minimum Gasteiger partial charge on any atom is -0.333 e. The van der Waals surface area contributed by atoms with Gasteiger partial charge in [-0.15, -0.1) is 11.3 Å². The van der Waals surface area contributed by atoms with Crippen molar-refractivity contribution >= 4 is 11.3 Å². The molecule has 0 unspecified atom stereocenters. The quantitative estimate of drug-likeness (QED) is 0.731. The normalized spacial score (nSPS) is 18.5. The van der Waals surface area contributed by atoms with Crippen LogP contribution in [0.3, 0.4) is 0 Å². The van der Waals surface area contributed by atoms with Crippen molar-refractivity contribution in [1.82, 2.24) is 29.2 Å². The summed E-state index contributed by atoms with van der Waals surface area (Å²) in [6.45, 7) is 8.78. The van der Waals surface area contributed by atoms with Crippen LogP contribution in [0.1, 0.15) is 22.4 Å². The first kappa shape index (κ1) is 15.5. The zero-order valence-corrected chi connectivity index (χ0v) is 14.9. The van der Waals surface area contributed by atoms with Crippen LogP contribution < -0.4 is 0 Å². The third-order valence-electron chi connectivity index (χ3n) is 4.49. The largest absolute Gasteiger partial charge is 0.333 e. The fraction of sp³-hybridized carbons (Fsp3) is 0.471. The van der Waals surface area contributed by atoms with Gasteiger partial charge >= 0.3 is 0 Å². The average Bonchev–Trinajstić information content (AvgIpc) is 3.22. The zero-order valence-electron chi connectivity index (χ0n) is 14.1. The van der Waals surface area contributed by atoms with Gasteiger partial charge in [0.15, 0.2) is 0 Å². The summed E-state index contributed by atoms with van der Waals surface area (Å²) in [6.07, 6.45) is 4.00. The maximum Gasteiger partial charge on any atom is 0.147 e. The Balaban J connectivity index is 1.55. The predicted molar refractivity (Wildman–Crippen MR) is 93.6 cm³/mol. The van der Waals surface area contributed by atoms with E-state index in [4.69, 9.17) is 0 Å². The molecule has 0 radical (unpaired) electrons. The molecule has 7 heteroatoms. The molecule has 1 aliphatic rings. The highest BCUT2D eigenvalue weighted by molar-refractivity contribution is 7.09. The topological polar surface area (TPSA) is 51.8 Å². The van der Waals surface area contributed by atoms with Crippen molar-refractivity contribution in [2.45, 2.75) is 40.0 Å². The van der Waals surface area contributed by atoms with Crippen molar-refractivity contribution in [1.29, 1.82) is 0 Å². The molecule has 24 heavy (non-hydrogen) atoms. The van der Waals surface area contributed by atoms with Crippen LogP contribution in [0.15, 0.2) is 29.9 Å². The lowest BCUT2D eigenvalue weighted by atomic mass is 10.1. The Morgan fingerprint density at radius 2 is 2.21 bits per heavy atom. The van der Waals surface area contributed by atoms with Crippen LogP contribution in [0.5, 0.6) is 0 Å². The molecule has 3 aromatic rings. The van der Waals surface area contributed by atoms with Gasteiger partial charge in [-0.1, -0.05) is 6.07 Å². The highest BCUT2D eigenvalue weighted by Crippen LogP contribution is 2.21. The first-order chi connectivity index (χ1) is 11.7. The fourth-order valence-corrected chi connectivity index (χ4v) is 4.21. The first-order valence-electron chi connectivity index (χ1n) is 8.30. The Kier molecular flexibility index (Phi) is 4.20. The molecule has 0 N–H and O–H groups in total. The van der Waals surface area contributed by atoms with Gasteiger partial charge in [0.2, 0.25) is 0 Å². The van der Waals surface area contributed by atoms with Crippen molar-refractivity contribution in [2.24, 2.45) is 5.92 Å². The third kappa shape index (κ3) is 3.27. The fourth-order valence-electron chi connectivity index (χ4n) is 3.46. The van der Waals surface area contributed by atoms with E-state index in [2.05, 4.69) is 48.2 Å². The summed E-state index contributed by atoms with van der Waals surface area (Å²) in [4.78, 5) is 12.9. The number of fused-ring (bicyclic) bond motifs is 1. The highest BCUT2D eigenvalue weighted by Gasteiger charge is 2.23. The van der Waals surface area contributed by atoms with Crippen LogP contribution >= 0.6 is 11.3 Å². The summed E-state index contributed by atoms with van der Waals surface area (Å²) < 4.78 is 4.34. The number of aryl methyl sites for hydroxylation is 2. The highest BCUT2D eigenvalue weighted by atomic mass is 32.1. The summed E-state index contributed by atoms with van der Waals surface area (Å²) in [6, 6.07) is 4.33. The average molecular weight is 342 g/mol. The first-order valence-corrected chi connectivity index (χ1v) is 9.18. The van der Waals surface area contributed by atoms with Crippen LogP contribution in [0, 0.1) is 19.8 Å². The van der Waals surface area contributed by atoms with E-state index in [1.165, 1.54) is 4.88 Å². The molecular weight excluding hydrogens is 320 g/mol. The number of hydrogen-bond acceptors (Lipinski definition) is 5. The smallest absolute Gasteiger partial charge is 0.147 e. The molecule has 0 aliphatic carbocycles. The summed E-state index contributed by atoms with van der Waals surface area (Å²) >= 11 is 1.82. The zero-order chi connectivity index (χ0) is 16.5. The molecule has 0 spiro atoms. The maximum absolute atomic E-state index is 4.55. The van der Waals surface area contributed by atoms with E-state index in [0.29, 0.717) is 5.92 Å². The van der Waals surface area contributed by atoms with Crippen LogP contribution in [0.4, 0.5) is 0 Å². The Morgan fingerprint density at radius 3 is 2.96 bits per heavy atom. The van der Waals surface area contributed by atoms with E-state index in [9.17, 15) is 0 Å².